The first kappa shape index (κ1) is 17.0. The van der Waals surface area contributed by atoms with E-state index in [1.807, 2.05) is 53.4 Å². The molecule has 2 atom stereocenters. The number of alkyl halides is 1. The van der Waals surface area contributed by atoms with Crippen LogP contribution in [0.25, 0.3) is 11.1 Å². The molecule has 2 unspecified atom stereocenters. The SMILES string of the molecule is COc1ccccc1CN1CC(F)C(OCc2nc3ccccc3o2)C1. The number of hydrogen-bond donors (Lipinski definition) is 0. The molecule has 1 fully saturated rings. The van der Waals surface area contributed by atoms with E-state index in [2.05, 4.69) is 4.98 Å². The van der Waals surface area contributed by atoms with Gasteiger partial charge in [-0.05, 0) is 18.2 Å². The van der Waals surface area contributed by atoms with Crippen LogP contribution in [0.4, 0.5) is 4.39 Å². The molecule has 2 heterocycles. The number of benzene rings is 2. The van der Waals surface area contributed by atoms with Gasteiger partial charge in [0, 0.05) is 25.2 Å². The second-order valence-corrected chi connectivity index (χ2v) is 6.45. The Bertz CT molecular complexity index is 849. The lowest BCUT2D eigenvalue weighted by molar-refractivity contribution is 0.00238. The van der Waals surface area contributed by atoms with Crippen molar-refractivity contribution >= 4 is 11.1 Å². The minimum absolute atomic E-state index is 0.169. The maximum absolute atomic E-state index is 14.4. The van der Waals surface area contributed by atoms with Crippen LogP contribution in [0.1, 0.15) is 11.5 Å². The monoisotopic (exact) mass is 356 g/mol. The molecule has 2 aromatic carbocycles. The molecule has 26 heavy (non-hydrogen) atoms. The van der Waals surface area contributed by atoms with E-state index in [0.717, 1.165) is 16.8 Å². The number of hydrogen-bond acceptors (Lipinski definition) is 5. The second kappa shape index (κ2) is 7.43. The van der Waals surface area contributed by atoms with Crippen molar-refractivity contribution in [2.45, 2.75) is 25.4 Å². The summed E-state index contributed by atoms with van der Waals surface area (Å²) in [6, 6.07) is 15.3. The molecule has 0 saturated carbocycles. The molecule has 0 amide bonds. The summed E-state index contributed by atoms with van der Waals surface area (Å²) < 4.78 is 31.1. The van der Waals surface area contributed by atoms with Crippen molar-refractivity contribution in [1.29, 1.82) is 0 Å². The van der Waals surface area contributed by atoms with Crippen molar-refractivity contribution in [3.63, 3.8) is 0 Å². The van der Waals surface area contributed by atoms with Crippen LogP contribution in [-0.2, 0) is 17.9 Å². The molecule has 1 aliphatic rings. The van der Waals surface area contributed by atoms with Crippen LogP contribution >= 0.6 is 0 Å². The molecular weight excluding hydrogens is 335 g/mol. The van der Waals surface area contributed by atoms with Gasteiger partial charge in [-0.2, -0.15) is 0 Å². The molecule has 6 heteroatoms. The Kier molecular flexibility index (Phi) is 4.86. The second-order valence-electron chi connectivity index (χ2n) is 6.45. The van der Waals surface area contributed by atoms with Crippen LogP contribution in [0.2, 0.25) is 0 Å². The average molecular weight is 356 g/mol. The number of ether oxygens (including phenoxy) is 2. The van der Waals surface area contributed by atoms with Crippen LogP contribution in [-0.4, -0.2) is 42.4 Å². The fourth-order valence-corrected chi connectivity index (χ4v) is 3.33. The van der Waals surface area contributed by atoms with Crippen LogP contribution in [0, 0.1) is 0 Å². The molecule has 0 bridgehead atoms. The van der Waals surface area contributed by atoms with Gasteiger partial charge in [0.25, 0.3) is 0 Å². The highest BCUT2D eigenvalue weighted by Gasteiger charge is 2.34. The fourth-order valence-electron chi connectivity index (χ4n) is 3.33. The zero-order chi connectivity index (χ0) is 17.9. The summed E-state index contributed by atoms with van der Waals surface area (Å²) in [6.45, 7) is 1.67. The Morgan fingerprint density at radius 2 is 1.96 bits per heavy atom. The van der Waals surface area contributed by atoms with Gasteiger partial charge in [0.05, 0.1) is 7.11 Å². The van der Waals surface area contributed by atoms with Crippen LogP contribution in [0.15, 0.2) is 52.9 Å². The molecule has 4 rings (SSSR count). The number of rotatable bonds is 6. The summed E-state index contributed by atoms with van der Waals surface area (Å²) in [7, 11) is 1.65. The van der Waals surface area contributed by atoms with E-state index in [-0.39, 0.29) is 6.61 Å². The number of likely N-dealkylation sites (tertiary alicyclic amines) is 1. The summed E-state index contributed by atoms with van der Waals surface area (Å²) in [6.07, 6.45) is -1.52. The van der Waals surface area contributed by atoms with E-state index < -0.39 is 12.3 Å². The third-order valence-corrected chi connectivity index (χ3v) is 4.62. The predicted octanol–water partition coefficient (Wildman–Crippen LogP) is 3.58. The number of aromatic nitrogens is 1. The smallest absolute Gasteiger partial charge is 0.221 e. The van der Waals surface area contributed by atoms with Gasteiger partial charge in [0.2, 0.25) is 5.89 Å². The highest BCUT2D eigenvalue weighted by atomic mass is 19.1. The van der Waals surface area contributed by atoms with E-state index >= 15 is 0 Å². The topological polar surface area (TPSA) is 47.7 Å². The molecule has 0 N–H and O–H groups in total. The Labute approximate surface area is 151 Å². The zero-order valence-corrected chi connectivity index (χ0v) is 14.6. The maximum Gasteiger partial charge on any atom is 0.221 e. The third-order valence-electron chi connectivity index (χ3n) is 4.62. The molecule has 1 saturated heterocycles. The summed E-state index contributed by atoms with van der Waals surface area (Å²) in [5, 5.41) is 0. The molecule has 1 aliphatic heterocycles. The molecular formula is C20H21FN2O3. The van der Waals surface area contributed by atoms with Crippen molar-refractivity contribution in [3.8, 4) is 5.75 Å². The van der Waals surface area contributed by atoms with Crippen molar-refractivity contribution in [2.24, 2.45) is 0 Å². The number of oxazole rings is 1. The lowest BCUT2D eigenvalue weighted by Gasteiger charge is -2.17. The van der Waals surface area contributed by atoms with Crippen LogP contribution < -0.4 is 4.74 Å². The van der Waals surface area contributed by atoms with Crippen LogP contribution in [0.5, 0.6) is 5.75 Å². The van der Waals surface area contributed by atoms with E-state index in [4.69, 9.17) is 13.9 Å². The summed E-state index contributed by atoms with van der Waals surface area (Å²) in [4.78, 5) is 6.40. The predicted molar refractivity (Wildman–Crippen MR) is 95.8 cm³/mol. The number of fused-ring (bicyclic) bond motifs is 1. The molecule has 1 aromatic heterocycles. The molecule has 0 radical (unpaired) electrons. The van der Waals surface area contributed by atoms with E-state index in [9.17, 15) is 4.39 Å². The van der Waals surface area contributed by atoms with Gasteiger partial charge in [-0.15, -0.1) is 0 Å². The van der Waals surface area contributed by atoms with Crippen LogP contribution in [0.3, 0.4) is 0 Å². The van der Waals surface area contributed by atoms with E-state index in [1.54, 1.807) is 7.11 Å². The largest absolute Gasteiger partial charge is 0.496 e. The molecule has 136 valence electrons. The molecule has 3 aromatic rings. The summed E-state index contributed by atoms with van der Waals surface area (Å²) >= 11 is 0. The maximum atomic E-state index is 14.4. The quantitative estimate of drug-likeness (QED) is 0.676. The van der Waals surface area contributed by atoms with Gasteiger partial charge in [-0.3, -0.25) is 4.90 Å². The number of halogens is 1. The van der Waals surface area contributed by atoms with Gasteiger partial charge in [-0.1, -0.05) is 30.3 Å². The van der Waals surface area contributed by atoms with Gasteiger partial charge in [0.1, 0.15) is 30.1 Å². The first-order chi connectivity index (χ1) is 12.7. The van der Waals surface area contributed by atoms with Gasteiger partial charge >= 0.3 is 0 Å². The first-order valence-corrected chi connectivity index (χ1v) is 8.67. The van der Waals surface area contributed by atoms with Gasteiger partial charge in [-0.25, -0.2) is 9.37 Å². The van der Waals surface area contributed by atoms with Crippen molar-refractivity contribution in [3.05, 3.63) is 60.0 Å². The highest BCUT2D eigenvalue weighted by Crippen LogP contribution is 2.25. The Morgan fingerprint density at radius 3 is 2.81 bits per heavy atom. The highest BCUT2D eigenvalue weighted by molar-refractivity contribution is 5.72. The Morgan fingerprint density at radius 1 is 1.15 bits per heavy atom. The number of nitrogens with zero attached hydrogens (tertiary/aromatic N) is 2. The van der Waals surface area contributed by atoms with Gasteiger partial charge in [0.15, 0.2) is 5.58 Å². The van der Waals surface area contributed by atoms with Crippen molar-refractivity contribution in [2.75, 3.05) is 20.2 Å². The minimum atomic E-state index is -1.03. The third kappa shape index (κ3) is 3.57. The molecule has 5 nitrogen and oxygen atoms in total. The van der Waals surface area contributed by atoms with Gasteiger partial charge < -0.3 is 13.9 Å². The number of methoxy groups -OCH3 is 1. The van der Waals surface area contributed by atoms with Crippen molar-refractivity contribution < 1.29 is 18.3 Å². The lowest BCUT2D eigenvalue weighted by atomic mass is 10.2. The number of para-hydroxylation sites is 3. The summed E-state index contributed by atoms with van der Waals surface area (Å²) in [5.74, 6) is 1.29. The normalized spacial score (nSPS) is 20.7. The lowest BCUT2D eigenvalue weighted by Crippen LogP contribution is -2.24. The molecule has 0 aliphatic carbocycles. The first-order valence-electron chi connectivity index (χ1n) is 8.67. The minimum Gasteiger partial charge on any atom is -0.496 e. The Balaban J connectivity index is 1.36. The van der Waals surface area contributed by atoms with E-state index in [0.29, 0.717) is 31.1 Å². The zero-order valence-electron chi connectivity index (χ0n) is 14.6. The van der Waals surface area contributed by atoms with E-state index in [1.165, 1.54) is 0 Å². The van der Waals surface area contributed by atoms with Crippen molar-refractivity contribution in [1.82, 2.24) is 9.88 Å². The summed E-state index contributed by atoms with van der Waals surface area (Å²) in [5.41, 5.74) is 2.54. The Hall–Kier alpha value is -2.44. The fraction of sp³-hybridized carbons (Fsp3) is 0.350. The molecule has 0 spiro atoms. The average Bonchev–Trinajstić information content (AvgIpc) is 3.23. The standard InChI is InChI=1S/C20H21FN2O3/c1-24-17-8-4-2-6-14(17)10-23-11-15(21)19(12-23)25-13-20-22-16-7-3-5-9-18(16)26-20/h2-9,15,19H,10-13H2,1H3.